The Balaban J connectivity index is 2.22. The second-order valence-corrected chi connectivity index (χ2v) is 6.73. The zero-order chi connectivity index (χ0) is 15.5. The zero-order valence-corrected chi connectivity index (χ0v) is 13.8. The van der Waals surface area contributed by atoms with E-state index in [0.29, 0.717) is 16.6 Å². The van der Waals surface area contributed by atoms with Gasteiger partial charge in [-0.2, -0.15) is 0 Å². The molecule has 0 bridgehead atoms. The van der Waals surface area contributed by atoms with Crippen LogP contribution in [0.1, 0.15) is 44.1 Å². The van der Waals surface area contributed by atoms with Crippen LogP contribution in [0.3, 0.4) is 0 Å². The summed E-state index contributed by atoms with van der Waals surface area (Å²) in [6.45, 7) is 0.575. The molecule has 1 aromatic carbocycles. The normalized spacial score (nSPS) is 17.9. The van der Waals surface area contributed by atoms with Crippen LogP contribution in [0.15, 0.2) is 18.2 Å². The quantitative estimate of drug-likeness (QED) is 0.857. The molecule has 0 amide bonds. The number of carbonyl (C=O) groups is 1. The van der Waals surface area contributed by atoms with Crippen molar-refractivity contribution in [1.82, 2.24) is 4.90 Å². The van der Waals surface area contributed by atoms with Gasteiger partial charge < -0.3 is 5.11 Å². The molecule has 0 atom stereocenters. The summed E-state index contributed by atoms with van der Waals surface area (Å²) in [4.78, 5) is 13.4. The van der Waals surface area contributed by atoms with Crippen molar-refractivity contribution < 1.29 is 9.90 Å². The van der Waals surface area contributed by atoms with Crippen LogP contribution in [0.2, 0.25) is 10.0 Å². The van der Waals surface area contributed by atoms with Crippen LogP contribution in [0.25, 0.3) is 0 Å². The van der Waals surface area contributed by atoms with Crippen molar-refractivity contribution in [1.29, 1.82) is 0 Å². The van der Waals surface area contributed by atoms with E-state index < -0.39 is 5.97 Å². The maximum Gasteiger partial charge on any atom is 0.305 e. The summed E-state index contributed by atoms with van der Waals surface area (Å²) in [5.41, 5.74) is 0.589. The topological polar surface area (TPSA) is 40.5 Å². The molecule has 0 aliphatic heterocycles. The van der Waals surface area contributed by atoms with Crippen LogP contribution in [0.5, 0.6) is 0 Å². The van der Waals surface area contributed by atoms with Gasteiger partial charge in [-0.25, -0.2) is 0 Å². The lowest BCUT2D eigenvalue weighted by Gasteiger charge is -2.44. The number of halogens is 2. The van der Waals surface area contributed by atoms with Crippen molar-refractivity contribution in [3.8, 4) is 0 Å². The van der Waals surface area contributed by atoms with Gasteiger partial charge in [-0.3, -0.25) is 9.69 Å². The van der Waals surface area contributed by atoms with E-state index in [9.17, 15) is 9.90 Å². The van der Waals surface area contributed by atoms with E-state index in [1.807, 2.05) is 25.2 Å². The van der Waals surface area contributed by atoms with Gasteiger partial charge in [0.2, 0.25) is 0 Å². The average Bonchev–Trinajstić information content (AvgIpc) is 2.43. The Morgan fingerprint density at radius 2 is 1.81 bits per heavy atom. The number of nitrogens with zero attached hydrogens (tertiary/aromatic N) is 1. The van der Waals surface area contributed by atoms with Crippen molar-refractivity contribution in [3.05, 3.63) is 33.8 Å². The summed E-state index contributed by atoms with van der Waals surface area (Å²) < 4.78 is 0. The van der Waals surface area contributed by atoms with Crippen LogP contribution < -0.4 is 0 Å². The van der Waals surface area contributed by atoms with Gasteiger partial charge in [0.15, 0.2) is 0 Å². The first-order valence-corrected chi connectivity index (χ1v) is 8.06. The minimum absolute atomic E-state index is 0.172. The van der Waals surface area contributed by atoms with Gasteiger partial charge in [0, 0.05) is 27.7 Å². The number of aliphatic carboxylic acids is 1. The Morgan fingerprint density at radius 3 is 2.33 bits per heavy atom. The average molecular weight is 330 g/mol. The van der Waals surface area contributed by atoms with Gasteiger partial charge in [0.1, 0.15) is 0 Å². The first-order chi connectivity index (χ1) is 9.94. The Labute approximate surface area is 135 Å². The highest BCUT2D eigenvalue weighted by molar-refractivity contribution is 6.35. The van der Waals surface area contributed by atoms with Gasteiger partial charge in [0.05, 0.1) is 6.42 Å². The highest BCUT2D eigenvalue weighted by Gasteiger charge is 2.38. The van der Waals surface area contributed by atoms with Crippen LogP contribution in [-0.4, -0.2) is 28.6 Å². The summed E-state index contributed by atoms with van der Waals surface area (Å²) in [5.74, 6) is -0.742. The molecule has 1 fully saturated rings. The number of benzene rings is 1. The van der Waals surface area contributed by atoms with E-state index in [0.717, 1.165) is 31.2 Å². The lowest BCUT2D eigenvalue weighted by Crippen LogP contribution is -2.49. The Kier molecular flexibility index (Phi) is 5.53. The minimum Gasteiger partial charge on any atom is -0.481 e. The smallest absolute Gasteiger partial charge is 0.305 e. The van der Waals surface area contributed by atoms with Crippen molar-refractivity contribution in [2.45, 2.75) is 50.6 Å². The maximum atomic E-state index is 11.3. The summed E-state index contributed by atoms with van der Waals surface area (Å²) in [5, 5.41) is 10.5. The van der Waals surface area contributed by atoms with E-state index in [2.05, 4.69) is 4.90 Å². The predicted molar refractivity (Wildman–Crippen MR) is 86.0 cm³/mol. The molecule has 0 aromatic heterocycles. The highest BCUT2D eigenvalue weighted by atomic mass is 35.5. The van der Waals surface area contributed by atoms with Crippen LogP contribution in [-0.2, 0) is 11.3 Å². The minimum atomic E-state index is -0.742. The van der Waals surface area contributed by atoms with Crippen molar-refractivity contribution in [3.63, 3.8) is 0 Å². The van der Waals surface area contributed by atoms with Crippen LogP contribution >= 0.6 is 23.2 Å². The number of hydrogen-bond donors (Lipinski definition) is 1. The second kappa shape index (κ2) is 6.99. The van der Waals surface area contributed by atoms with Gasteiger partial charge in [0.25, 0.3) is 0 Å². The first-order valence-electron chi connectivity index (χ1n) is 7.30. The third kappa shape index (κ3) is 3.91. The van der Waals surface area contributed by atoms with E-state index in [1.54, 1.807) is 0 Å². The first kappa shape index (κ1) is 16.6. The van der Waals surface area contributed by atoms with Gasteiger partial charge in [-0.15, -0.1) is 0 Å². The number of hydrogen-bond acceptors (Lipinski definition) is 2. The molecule has 1 aliphatic rings. The lowest BCUT2D eigenvalue weighted by atomic mass is 9.78. The fourth-order valence-electron chi connectivity index (χ4n) is 3.27. The van der Waals surface area contributed by atoms with Gasteiger partial charge >= 0.3 is 5.97 Å². The largest absolute Gasteiger partial charge is 0.481 e. The zero-order valence-electron chi connectivity index (χ0n) is 12.2. The van der Waals surface area contributed by atoms with Crippen molar-refractivity contribution in [2.75, 3.05) is 7.05 Å². The van der Waals surface area contributed by atoms with Crippen molar-refractivity contribution in [2.24, 2.45) is 0 Å². The van der Waals surface area contributed by atoms with Crippen molar-refractivity contribution >= 4 is 29.2 Å². The molecule has 0 unspecified atom stereocenters. The molecule has 0 spiro atoms. The van der Waals surface area contributed by atoms with Gasteiger partial charge in [-0.05, 0) is 32.0 Å². The SMILES string of the molecule is CN(Cc1c(Cl)cccc1Cl)C1(CC(=O)O)CCCCC1. The second-order valence-electron chi connectivity index (χ2n) is 5.91. The fourth-order valence-corrected chi connectivity index (χ4v) is 3.79. The molecule has 1 saturated carbocycles. The summed E-state index contributed by atoms with van der Waals surface area (Å²) in [6.07, 6.45) is 5.34. The molecular weight excluding hydrogens is 309 g/mol. The summed E-state index contributed by atoms with van der Waals surface area (Å²) >= 11 is 12.5. The molecule has 21 heavy (non-hydrogen) atoms. The molecule has 2 rings (SSSR count). The monoisotopic (exact) mass is 329 g/mol. The molecule has 1 aromatic rings. The molecule has 0 radical (unpaired) electrons. The molecule has 5 heteroatoms. The summed E-state index contributed by atoms with van der Waals surface area (Å²) in [7, 11) is 1.98. The highest BCUT2D eigenvalue weighted by Crippen LogP contribution is 2.38. The third-order valence-corrected chi connectivity index (χ3v) is 5.24. The molecule has 116 valence electrons. The number of carboxylic acids is 1. The lowest BCUT2D eigenvalue weighted by molar-refractivity contribution is -0.141. The molecule has 3 nitrogen and oxygen atoms in total. The Morgan fingerprint density at radius 1 is 1.24 bits per heavy atom. The van der Waals surface area contributed by atoms with Crippen LogP contribution in [0, 0.1) is 0 Å². The predicted octanol–water partition coefficient (Wildman–Crippen LogP) is 4.60. The fraction of sp³-hybridized carbons (Fsp3) is 0.562. The molecule has 0 heterocycles. The van der Waals surface area contributed by atoms with E-state index in [-0.39, 0.29) is 12.0 Å². The standard InChI is InChI=1S/C16H21Cl2NO2/c1-19(11-12-13(17)6-5-7-14(12)18)16(10-15(20)21)8-3-2-4-9-16/h5-7H,2-4,8-11H2,1H3,(H,20,21). The molecular formula is C16H21Cl2NO2. The molecule has 1 N–H and O–H groups in total. The number of rotatable bonds is 5. The maximum absolute atomic E-state index is 11.3. The van der Waals surface area contributed by atoms with Gasteiger partial charge in [-0.1, -0.05) is 48.5 Å². The third-order valence-electron chi connectivity index (χ3n) is 4.53. The Hall–Kier alpha value is -0.770. The van der Waals surface area contributed by atoms with E-state index >= 15 is 0 Å². The van der Waals surface area contributed by atoms with Crippen LogP contribution in [0.4, 0.5) is 0 Å². The number of carboxylic acid groups (broad SMARTS) is 1. The van der Waals surface area contributed by atoms with E-state index in [4.69, 9.17) is 23.2 Å². The molecule has 1 aliphatic carbocycles. The van der Waals surface area contributed by atoms with E-state index in [1.165, 1.54) is 6.42 Å². The molecule has 0 saturated heterocycles. The summed E-state index contributed by atoms with van der Waals surface area (Å²) in [6, 6.07) is 5.46. The Bertz CT molecular complexity index is 493.